The van der Waals surface area contributed by atoms with Gasteiger partial charge in [0.2, 0.25) is 23.6 Å². The zero-order valence-corrected chi connectivity index (χ0v) is 22.6. The van der Waals surface area contributed by atoms with Gasteiger partial charge in [-0.2, -0.15) is 0 Å². The predicted octanol–water partition coefficient (Wildman–Crippen LogP) is -0.163. The van der Waals surface area contributed by atoms with Gasteiger partial charge < -0.3 is 37.2 Å². The normalized spacial score (nSPS) is 13.0. The van der Waals surface area contributed by atoms with Crippen LogP contribution in [0.2, 0.25) is 0 Å². The highest BCUT2D eigenvalue weighted by atomic mass is 16.4. The molecule has 0 heterocycles. The summed E-state index contributed by atoms with van der Waals surface area (Å²) >= 11 is 0. The number of rotatable bonds is 15. The monoisotopic (exact) mass is 555 g/mol. The lowest BCUT2D eigenvalue weighted by molar-refractivity contribution is -0.142. The number of amides is 4. The number of carboxylic acid groups (broad SMARTS) is 1. The Balaban J connectivity index is 1.88. The van der Waals surface area contributed by atoms with E-state index < -0.39 is 60.8 Å². The maximum atomic E-state index is 13.0. The van der Waals surface area contributed by atoms with Gasteiger partial charge in [-0.3, -0.25) is 19.2 Å². The fraction of sp³-hybridized carbons (Fsp3) is 0.393. The zero-order valence-electron chi connectivity index (χ0n) is 22.6. The van der Waals surface area contributed by atoms with Gasteiger partial charge in [0.1, 0.15) is 17.8 Å². The summed E-state index contributed by atoms with van der Waals surface area (Å²) in [5, 5.41) is 28.6. The molecule has 0 saturated carbocycles. The van der Waals surface area contributed by atoms with Crippen molar-refractivity contribution in [1.29, 1.82) is 0 Å². The molecule has 0 aliphatic rings. The second kappa shape index (κ2) is 15.8. The van der Waals surface area contributed by atoms with Gasteiger partial charge in [0, 0.05) is 6.42 Å². The number of carbonyl (C=O) groups excluding carboxylic acids is 4. The molecule has 12 nitrogen and oxygen atoms in total. The first kappa shape index (κ1) is 31.8. The van der Waals surface area contributed by atoms with E-state index in [9.17, 15) is 34.2 Å². The van der Waals surface area contributed by atoms with Gasteiger partial charge in [0.05, 0.1) is 19.1 Å². The second-order valence-electron chi connectivity index (χ2n) is 9.81. The van der Waals surface area contributed by atoms with E-state index in [0.717, 1.165) is 11.1 Å². The fourth-order valence-electron chi connectivity index (χ4n) is 3.79. The van der Waals surface area contributed by atoms with Gasteiger partial charge >= 0.3 is 5.97 Å². The number of aromatic hydroxyl groups is 1. The number of carbonyl (C=O) groups is 5. The quantitative estimate of drug-likeness (QED) is 0.157. The predicted molar refractivity (Wildman–Crippen MR) is 147 cm³/mol. The van der Waals surface area contributed by atoms with Crippen LogP contribution in [0.3, 0.4) is 0 Å². The molecule has 0 saturated heterocycles. The van der Waals surface area contributed by atoms with Crippen molar-refractivity contribution >= 4 is 29.6 Å². The van der Waals surface area contributed by atoms with Crippen LogP contribution < -0.4 is 27.0 Å². The number of benzene rings is 2. The van der Waals surface area contributed by atoms with Crippen LogP contribution in [-0.2, 0) is 36.8 Å². The Morgan fingerprint density at radius 3 is 1.95 bits per heavy atom. The summed E-state index contributed by atoms with van der Waals surface area (Å²) in [5.41, 5.74) is 7.35. The van der Waals surface area contributed by atoms with E-state index in [0.29, 0.717) is 0 Å². The largest absolute Gasteiger partial charge is 0.508 e. The first-order valence-electron chi connectivity index (χ1n) is 12.9. The van der Waals surface area contributed by atoms with E-state index in [4.69, 9.17) is 5.73 Å². The molecule has 12 heteroatoms. The second-order valence-corrected chi connectivity index (χ2v) is 9.81. The minimum atomic E-state index is -1.18. The van der Waals surface area contributed by atoms with Gasteiger partial charge in [0.25, 0.3) is 0 Å². The molecule has 3 atom stereocenters. The highest BCUT2D eigenvalue weighted by Gasteiger charge is 2.27. The summed E-state index contributed by atoms with van der Waals surface area (Å²) in [4.78, 5) is 61.6. The van der Waals surface area contributed by atoms with Crippen molar-refractivity contribution in [2.45, 2.75) is 51.2 Å². The van der Waals surface area contributed by atoms with Crippen molar-refractivity contribution in [2.24, 2.45) is 11.7 Å². The smallest absolute Gasteiger partial charge is 0.326 e. The Morgan fingerprint density at radius 1 is 0.750 bits per heavy atom. The molecule has 0 unspecified atom stereocenters. The van der Waals surface area contributed by atoms with Crippen LogP contribution in [0, 0.1) is 5.92 Å². The van der Waals surface area contributed by atoms with Crippen LogP contribution in [0.1, 0.15) is 31.4 Å². The van der Waals surface area contributed by atoms with E-state index in [1.807, 2.05) is 13.8 Å². The van der Waals surface area contributed by atoms with E-state index >= 15 is 0 Å². The number of phenolic OH excluding ortho intramolecular Hbond substituents is 1. The lowest BCUT2D eigenvalue weighted by atomic mass is 10.0. The Labute approximate surface area is 232 Å². The topological polar surface area (TPSA) is 200 Å². The highest BCUT2D eigenvalue weighted by Crippen LogP contribution is 2.11. The molecular formula is C28H37N5O7. The molecule has 0 bridgehead atoms. The summed E-state index contributed by atoms with van der Waals surface area (Å²) in [5.74, 6) is -3.62. The number of aliphatic carboxylic acids is 1. The minimum absolute atomic E-state index is 0.0154. The lowest BCUT2D eigenvalue weighted by Crippen LogP contribution is -2.54. The Kier molecular flexibility index (Phi) is 12.6. The van der Waals surface area contributed by atoms with Crippen LogP contribution in [-0.4, -0.2) is 71.0 Å². The summed E-state index contributed by atoms with van der Waals surface area (Å²) in [6.45, 7) is 2.78. The maximum absolute atomic E-state index is 13.0. The van der Waals surface area contributed by atoms with Crippen LogP contribution >= 0.6 is 0 Å². The van der Waals surface area contributed by atoms with Gasteiger partial charge in [-0.05, 0) is 42.0 Å². The van der Waals surface area contributed by atoms with E-state index in [1.165, 1.54) is 12.1 Å². The molecule has 4 amide bonds. The number of phenols is 1. The number of nitrogens with one attached hydrogen (secondary N) is 4. The third-order valence-corrected chi connectivity index (χ3v) is 5.85. The summed E-state index contributed by atoms with van der Waals surface area (Å²) in [6.07, 6.45) is 0.518. The van der Waals surface area contributed by atoms with Gasteiger partial charge in [0.15, 0.2) is 0 Å². The molecule has 0 radical (unpaired) electrons. The number of nitrogens with two attached hydrogens (primary N) is 1. The maximum Gasteiger partial charge on any atom is 0.326 e. The molecule has 2 aromatic rings. The van der Waals surface area contributed by atoms with E-state index in [1.54, 1.807) is 42.5 Å². The third-order valence-electron chi connectivity index (χ3n) is 5.85. The zero-order chi connectivity index (χ0) is 29.7. The fourth-order valence-corrected chi connectivity index (χ4v) is 3.79. The summed E-state index contributed by atoms with van der Waals surface area (Å²) in [7, 11) is 0. The van der Waals surface area contributed by atoms with Crippen molar-refractivity contribution in [1.82, 2.24) is 21.3 Å². The first-order valence-corrected chi connectivity index (χ1v) is 12.9. The molecule has 2 rings (SSSR count). The molecule has 8 N–H and O–H groups in total. The molecule has 0 aliphatic heterocycles. The number of hydrogen-bond acceptors (Lipinski definition) is 7. The van der Waals surface area contributed by atoms with Crippen LogP contribution in [0.25, 0.3) is 0 Å². The molecule has 2 aromatic carbocycles. The molecule has 0 aliphatic carbocycles. The van der Waals surface area contributed by atoms with Crippen LogP contribution in [0.5, 0.6) is 5.75 Å². The highest BCUT2D eigenvalue weighted by molar-refractivity contribution is 5.93. The first-order chi connectivity index (χ1) is 18.9. The average Bonchev–Trinajstić information content (AvgIpc) is 2.91. The number of hydrogen-bond donors (Lipinski definition) is 7. The van der Waals surface area contributed by atoms with Gasteiger partial charge in [-0.25, -0.2) is 4.79 Å². The SMILES string of the molecule is CC(C)C[C@H](NC(=O)[C@H](Cc1ccccc1)NC(=O)CNC(=O)CNC(=O)[C@H](N)Cc1ccc(O)cc1)C(=O)O. The average molecular weight is 556 g/mol. The van der Waals surface area contributed by atoms with Crippen molar-refractivity contribution in [2.75, 3.05) is 13.1 Å². The van der Waals surface area contributed by atoms with E-state index in [-0.39, 0.29) is 30.9 Å². The molecule has 216 valence electrons. The molecule has 0 spiro atoms. The molecule has 0 fully saturated rings. The Morgan fingerprint density at radius 2 is 1.35 bits per heavy atom. The standard InChI is InChI=1S/C28H37N5O7/c1-17(2)12-23(28(39)40)33-27(38)22(14-18-6-4-3-5-7-18)32-25(36)16-30-24(35)15-31-26(37)21(29)13-19-8-10-20(34)11-9-19/h3-11,17,21-23,34H,12-16,29H2,1-2H3,(H,30,35)(H,31,37)(H,32,36)(H,33,38)(H,39,40)/t21-,22+,23+/m1/s1. The van der Waals surface area contributed by atoms with Crippen molar-refractivity contribution in [3.63, 3.8) is 0 Å². The lowest BCUT2D eigenvalue weighted by Gasteiger charge is -2.22. The van der Waals surface area contributed by atoms with Gasteiger partial charge in [-0.1, -0.05) is 56.3 Å². The number of carboxylic acids is 1. The van der Waals surface area contributed by atoms with Crippen LogP contribution in [0.4, 0.5) is 0 Å². The van der Waals surface area contributed by atoms with E-state index in [2.05, 4.69) is 21.3 Å². The summed E-state index contributed by atoms with van der Waals surface area (Å²) in [6, 6.07) is 12.0. The van der Waals surface area contributed by atoms with Crippen LogP contribution in [0.15, 0.2) is 54.6 Å². The van der Waals surface area contributed by atoms with Crippen molar-refractivity contribution in [3.8, 4) is 5.75 Å². The third kappa shape index (κ3) is 11.5. The van der Waals surface area contributed by atoms with Crippen molar-refractivity contribution in [3.05, 3.63) is 65.7 Å². The Hall–Kier alpha value is -4.45. The minimum Gasteiger partial charge on any atom is -0.508 e. The molecular weight excluding hydrogens is 518 g/mol. The Bertz CT molecular complexity index is 1160. The molecule has 40 heavy (non-hydrogen) atoms. The van der Waals surface area contributed by atoms with Crippen molar-refractivity contribution < 1.29 is 34.2 Å². The van der Waals surface area contributed by atoms with Gasteiger partial charge in [-0.15, -0.1) is 0 Å². The molecule has 0 aromatic heterocycles. The summed E-state index contributed by atoms with van der Waals surface area (Å²) < 4.78 is 0.